The predicted molar refractivity (Wildman–Crippen MR) is 88.9 cm³/mol. The van der Waals surface area contributed by atoms with Crippen molar-refractivity contribution in [3.8, 4) is 12.1 Å². The maximum Gasteiger partial charge on any atom is 0.119 e. The van der Waals surface area contributed by atoms with Gasteiger partial charge in [-0.1, -0.05) is 6.07 Å². The monoisotopic (exact) mass is 316 g/mol. The van der Waals surface area contributed by atoms with E-state index in [2.05, 4.69) is 22.3 Å². The van der Waals surface area contributed by atoms with Crippen molar-refractivity contribution in [2.24, 2.45) is 5.92 Å². The molecule has 2 atom stereocenters. The van der Waals surface area contributed by atoms with Crippen LogP contribution in [0, 0.1) is 34.0 Å². The first kappa shape index (κ1) is 14.5. The van der Waals surface area contributed by atoms with Gasteiger partial charge in [-0.25, -0.2) is 0 Å². The zero-order valence-corrected chi connectivity index (χ0v) is 13.1. The lowest BCUT2D eigenvalue weighted by Crippen LogP contribution is -2.44. The highest BCUT2D eigenvalue weighted by Crippen LogP contribution is 2.43. The lowest BCUT2D eigenvalue weighted by Gasteiger charge is -2.41. The molecule has 2 aromatic rings. The lowest BCUT2D eigenvalue weighted by atomic mass is 9.75. The highest BCUT2D eigenvalue weighted by molar-refractivity contribution is 5.90. The summed E-state index contributed by atoms with van der Waals surface area (Å²) in [6.07, 6.45) is 4.55. The number of benzene rings is 1. The van der Waals surface area contributed by atoms with E-state index in [0.717, 1.165) is 48.0 Å². The number of hydrogen-bond acceptors (Lipinski definition) is 4. The van der Waals surface area contributed by atoms with Crippen molar-refractivity contribution in [1.29, 1.82) is 15.9 Å². The minimum Gasteiger partial charge on any atom is -0.332 e. The highest BCUT2D eigenvalue weighted by Gasteiger charge is 2.41. The summed E-state index contributed by atoms with van der Waals surface area (Å²) in [5.41, 5.74) is 3.38. The van der Waals surface area contributed by atoms with Gasteiger partial charge in [0.25, 0.3) is 0 Å². The Morgan fingerprint density at radius 2 is 2.17 bits per heavy atom. The van der Waals surface area contributed by atoms with Crippen LogP contribution in [0.15, 0.2) is 35.7 Å². The van der Waals surface area contributed by atoms with Gasteiger partial charge in [-0.2, -0.15) is 15.6 Å². The lowest BCUT2D eigenvalue weighted by molar-refractivity contribution is 0.369. The third kappa shape index (κ3) is 2.00. The average molecular weight is 316 g/mol. The Hall–Kier alpha value is -3.12. The molecule has 0 saturated carbocycles. The van der Waals surface area contributed by atoms with Crippen LogP contribution in [0.4, 0.5) is 0 Å². The van der Waals surface area contributed by atoms with Gasteiger partial charge in [-0.15, -0.1) is 0 Å². The number of nitrogens with one attached hydrogen (secondary N) is 2. The zero-order chi connectivity index (χ0) is 16.7. The molecule has 2 aliphatic heterocycles. The van der Waals surface area contributed by atoms with Gasteiger partial charge in [0.15, 0.2) is 0 Å². The van der Waals surface area contributed by atoms with E-state index in [1.54, 1.807) is 6.20 Å². The summed E-state index contributed by atoms with van der Waals surface area (Å²) in [7, 11) is 0. The molecule has 6 heteroatoms. The van der Waals surface area contributed by atoms with Crippen molar-refractivity contribution in [3.05, 3.63) is 41.2 Å². The number of allylic oxidation sites excluding steroid dienone is 2. The Kier molecular flexibility index (Phi) is 3.32. The Morgan fingerprint density at radius 1 is 1.29 bits per heavy atom. The number of piperidine rings is 1. The smallest absolute Gasteiger partial charge is 0.119 e. The number of amidine groups is 1. The van der Waals surface area contributed by atoms with Gasteiger partial charge in [0.2, 0.25) is 0 Å². The van der Waals surface area contributed by atoms with Gasteiger partial charge < -0.3 is 4.90 Å². The van der Waals surface area contributed by atoms with Crippen LogP contribution in [0.5, 0.6) is 0 Å². The maximum atomic E-state index is 9.80. The van der Waals surface area contributed by atoms with E-state index in [4.69, 9.17) is 5.41 Å². The Labute approximate surface area is 139 Å². The Balaban J connectivity index is 1.91. The van der Waals surface area contributed by atoms with Gasteiger partial charge in [-0.05, 0) is 37.0 Å². The molecule has 0 amide bonds. The predicted octanol–water partition coefficient (Wildman–Crippen LogP) is 3.04. The topological polar surface area (TPSA) is 103 Å². The molecule has 0 spiro atoms. The number of rotatable bonds is 1. The van der Waals surface area contributed by atoms with Crippen molar-refractivity contribution in [1.82, 2.24) is 15.1 Å². The molecular weight excluding hydrogens is 300 g/mol. The summed E-state index contributed by atoms with van der Waals surface area (Å²) >= 11 is 0. The number of H-pyrrole nitrogens is 1. The van der Waals surface area contributed by atoms with E-state index in [1.807, 2.05) is 23.1 Å². The van der Waals surface area contributed by atoms with E-state index in [-0.39, 0.29) is 5.92 Å². The summed E-state index contributed by atoms with van der Waals surface area (Å²) in [5, 5.41) is 35.9. The van der Waals surface area contributed by atoms with Crippen LogP contribution in [0.25, 0.3) is 10.9 Å². The number of nitrogens with zero attached hydrogens (tertiary/aromatic N) is 4. The van der Waals surface area contributed by atoms with Gasteiger partial charge in [-0.3, -0.25) is 10.5 Å². The average Bonchev–Trinajstić information content (AvgIpc) is 3.09. The van der Waals surface area contributed by atoms with E-state index < -0.39 is 5.92 Å². The molecule has 118 valence electrons. The molecule has 1 saturated heterocycles. The van der Waals surface area contributed by atoms with Crippen LogP contribution < -0.4 is 0 Å². The van der Waals surface area contributed by atoms with Gasteiger partial charge >= 0.3 is 0 Å². The molecular formula is C18H16N6. The van der Waals surface area contributed by atoms with E-state index >= 15 is 0 Å². The fourth-order valence-electron chi connectivity index (χ4n) is 3.83. The molecule has 2 N–H and O–H groups in total. The molecule has 1 fully saturated rings. The van der Waals surface area contributed by atoms with Crippen LogP contribution in [-0.2, 0) is 0 Å². The SMILES string of the molecule is N#CC1=C2CCCCN2C(=N)C(C#N)C1c1ccc2[nH]ncc2c1. The number of fused-ring (bicyclic) bond motifs is 2. The van der Waals surface area contributed by atoms with Crippen molar-refractivity contribution in [2.45, 2.75) is 25.2 Å². The minimum atomic E-state index is -0.633. The normalized spacial score (nSPS) is 23.8. The quantitative estimate of drug-likeness (QED) is 0.843. The van der Waals surface area contributed by atoms with Crippen molar-refractivity contribution >= 4 is 16.7 Å². The van der Waals surface area contributed by atoms with Crippen LogP contribution >= 0.6 is 0 Å². The fourth-order valence-corrected chi connectivity index (χ4v) is 3.83. The second kappa shape index (κ2) is 5.50. The molecule has 4 rings (SSSR count). The summed E-state index contributed by atoms with van der Waals surface area (Å²) in [6.45, 7) is 0.727. The molecule has 1 aromatic carbocycles. The van der Waals surface area contributed by atoms with Crippen molar-refractivity contribution in [3.63, 3.8) is 0 Å². The molecule has 24 heavy (non-hydrogen) atoms. The number of aromatic nitrogens is 2. The summed E-state index contributed by atoms with van der Waals surface area (Å²) in [6, 6.07) is 10.4. The first-order valence-corrected chi connectivity index (χ1v) is 8.06. The van der Waals surface area contributed by atoms with Crippen LogP contribution in [0.2, 0.25) is 0 Å². The molecule has 0 bridgehead atoms. The van der Waals surface area contributed by atoms with Gasteiger partial charge in [0, 0.05) is 23.5 Å². The third-order valence-corrected chi connectivity index (χ3v) is 4.99. The number of hydrogen-bond donors (Lipinski definition) is 2. The first-order chi connectivity index (χ1) is 11.7. The molecule has 1 aromatic heterocycles. The molecule has 0 radical (unpaired) electrons. The Bertz CT molecular complexity index is 938. The van der Waals surface area contributed by atoms with Crippen LogP contribution in [0.3, 0.4) is 0 Å². The maximum absolute atomic E-state index is 9.80. The Morgan fingerprint density at radius 3 is 2.96 bits per heavy atom. The van der Waals surface area contributed by atoms with E-state index in [1.165, 1.54) is 0 Å². The van der Waals surface area contributed by atoms with E-state index in [9.17, 15) is 10.5 Å². The van der Waals surface area contributed by atoms with Crippen LogP contribution in [0.1, 0.15) is 30.7 Å². The van der Waals surface area contributed by atoms with Gasteiger partial charge in [0.1, 0.15) is 11.8 Å². The second-order valence-corrected chi connectivity index (χ2v) is 6.27. The summed E-state index contributed by atoms with van der Waals surface area (Å²) in [5.74, 6) is -0.689. The van der Waals surface area contributed by atoms with Gasteiger partial charge in [0.05, 0.1) is 29.4 Å². The first-order valence-electron chi connectivity index (χ1n) is 8.06. The number of nitriles is 2. The summed E-state index contributed by atoms with van der Waals surface area (Å²) < 4.78 is 0. The van der Waals surface area contributed by atoms with E-state index in [0.29, 0.717) is 11.4 Å². The third-order valence-electron chi connectivity index (χ3n) is 4.99. The summed E-state index contributed by atoms with van der Waals surface area (Å²) in [4.78, 5) is 1.88. The minimum absolute atomic E-state index is 0.323. The fraction of sp³-hybridized carbons (Fsp3) is 0.333. The second-order valence-electron chi connectivity index (χ2n) is 6.27. The van der Waals surface area contributed by atoms with Crippen molar-refractivity contribution in [2.75, 3.05) is 6.54 Å². The standard InChI is InChI=1S/C18H16N6/c19-8-13-16-3-1-2-6-24(16)18(21)14(9-20)17(13)11-4-5-15-12(7-11)10-22-23-15/h4-5,7,10,14,17,21H,1-3,6H2,(H,22,23). The molecule has 6 nitrogen and oxygen atoms in total. The largest absolute Gasteiger partial charge is 0.332 e. The molecule has 3 heterocycles. The highest BCUT2D eigenvalue weighted by atomic mass is 15.2. The van der Waals surface area contributed by atoms with Crippen molar-refractivity contribution < 1.29 is 0 Å². The molecule has 0 aliphatic carbocycles. The van der Waals surface area contributed by atoms with Crippen LogP contribution in [-0.4, -0.2) is 27.5 Å². The zero-order valence-electron chi connectivity index (χ0n) is 13.1. The molecule has 2 aliphatic rings. The molecule has 2 unspecified atom stereocenters. The number of aromatic amines is 1.